The summed E-state index contributed by atoms with van der Waals surface area (Å²) >= 11 is 0. The van der Waals surface area contributed by atoms with E-state index < -0.39 is 6.10 Å². The maximum Gasteiger partial charge on any atom is 0.222 e. The van der Waals surface area contributed by atoms with Gasteiger partial charge in [-0.1, -0.05) is 18.2 Å². The Morgan fingerprint density at radius 1 is 1.16 bits per heavy atom. The van der Waals surface area contributed by atoms with Crippen molar-refractivity contribution in [2.75, 3.05) is 32.7 Å². The molecule has 5 nitrogen and oxygen atoms in total. The second-order valence-corrected chi connectivity index (χ2v) is 7.44. The molecule has 2 aliphatic rings. The van der Waals surface area contributed by atoms with Crippen molar-refractivity contribution in [3.63, 3.8) is 0 Å². The molecule has 1 unspecified atom stereocenters. The molecule has 1 amide bonds. The number of para-hydroxylation sites is 1. The molecular weight excluding hydrogens is 316 g/mol. The van der Waals surface area contributed by atoms with Gasteiger partial charge in [0, 0.05) is 39.1 Å². The Bertz CT molecular complexity index is 576. The fourth-order valence-corrected chi connectivity index (χ4v) is 3.87. The van der Waals surface area contributed by atoms with Gasteiger partial charge in [-0.15, -0.1) is 0 Å². The van der Waals surface area contributed by atoms with E-state index in [1.807, 2.05) is 0 Å². The van der Waals surface area contributed by atoms with Gasteiger partial charge in [-0.2, -0.15) is 0 Å². The zero-order valence-electron chi connectivity index (χ0n) is 15.4. The molecule has 0 aliphatic carbocycles. The molecule has 5 heteroatoms. The standard InChI is InChI=1S/C20H30N2O3/c1-15-5-3-6-16(2)20(15)25-18-8-11-21(12-9-18)13-17(23)14-22-10-4-7-19(22)24/h3,5-6,17-18,23H,4,7-14H2,1-2H3. The number of aliphatic hydroxyl groups excluding tert-OH is 1. The van der Waals surface area contributed by atoms with Crippen LogP contribution in [0.3, 0.4) is 0 Å². The van der Waals surface area contributed by atoms with E-state index in [9.17, 15) is 9.90 Å². The molecular formula is C20H30N2O3. The normalized spacial score (nSPS) is 20.9. The second-order valence-electron chi connectivity index (χ2n) is 7.44. The number of nitrogens with zero attached hydrogens (tertiary/aromatic N) is 2. The number of β-amino-alcohol motifs (C(OH)–C–C–N with tert-alkyl or cyclic N) is 1. The van der Waals surface area contributed by atoms with E-state index in [0.29, 0.717) is 19.5 Å². The number of aryl methyl sites for hydroxylation is 2. The number of aliphatic hydroxyl groups is 1. The summed E-state index contributed by atoms with van der Waals surface area (Å²) in [5.74, 6) is 1.20. The van der Waals surface area contributed by atoms with Crippen LogP contribution in [0, 0.1) is 13.8 Å². The number of likely N-dealkylation sites (tertiary alicyclic amines) is 2. The lowest BCUT2D eigenvalue weighted by Gasteiger charge is -2.34. The van der Waals surface area contributed by atoms with Crippen LogP contribution in [0.1, 0.15) is 36.8 Å². The monoisotopic (exact) mass is 346 g/mol. The highest BCUT2D eigenvalue weighted by atomic mass is 16.5. The third-order valence-corrected chi connectivity index (χ3v) is 5.30. The van der Waals surface area contributed by atoms with Gasteiger partial charge in [0.1, 0.15) is 11.9 Å². The molecule has 0 radical (unpaired) electrons. The van der Waals surface area contributed by atoms with Crippen molar-refractivity contribution in [2.45, 2.75) is 51.7 Å². The van der Waals surface area contributed by atoms with Crippen molar-refractivity contribution in [1.29, 1.82) is 0 Å². The summed E-state index contributed by atoms with van der Waals surface area (Å²) < 4.78 is 6.25. The molecule has 2 saturated heterocycles. The first-order valence-electron chi connectivity index (χ1n) is 9.44. The minimum absolute atomic E-state index is 0.180. The van der Waals surface area contributed by atoms with E-state index >= 15 is 0 Å². The first kappa shape index (κ1) is 18.2. The van der Waals surface area contributed by atoms with Gasteiger partial charge in [-0.3, -0.25) is 4.79 Å². The lowest BCUT2D eigenvalue weighted by Crippen LogP contribution is -2.45. The number of carbonyl (C=O) groups is 1. The van der Waals surface area contributed by atoms with Crippen molar-refractivity contribution in [2.24, 2.45) is 0 Å². The molecule has 2 fully saturated rings. The number of piperidine rings is 1. The summed E-state index contributed by atoms with van der Waals surface area (Å²) in [7, 11) is 0. The molecule has 0 spiro atoms. The van der Waals surface area contributed by atoms with Crippen molar-refractivity contribution in [1.82, 2.24) is 9.80 Å². The number of hydrogen-bond donors (Lipinski definition) is 1. The fraction of sp³-hybridized carbons (Fsp3) is 0.650. The molecule has 138 valence electrons. The minimum Gasteiger partial charge on any atom is -0.490 e. The SMILES string of the molecule is Cc1cccc(C)c1OC1CCN(CC(O)CN2CCCC2=O)CC1. The van der Waals surface area contributed by atoms with Crippen molar-refractivity contribution < 1.29 is 14.6 Å². The van der Waals surface area contributed by atoms with Gasteiger partial charge in [-0.25, -0.2) is 0 Å². The molecule has 0 bridgehead atoms. The molecule has 1 aromatic rings. The smallest absolute Gasteiger partial charge is 0.222 e. The summed E-state index contributed by atoms with van der Waals surface area (Å²) in [5.41, 5.74) is 2.38. The average Bonchev–Trinajstić information content (AvgIpc) is 2.97. The summed E-state index contributed by atoms with van der Waals surface area (Å²) in [5, 5.41) is 10.3. The Morgan fingerprint density at radius 2 is 1.84 bits per heavy atom. The zero-order valence-corrected chi connectivity index (χ0v) is 15.4. The Morgan fingerprint density at radius 3 is 2.44 bits per heavy atom. The number of rotatable bonds is 6. The highest BCUT2D eigenvalue weighted by Crippen LogP contribution is 2.26. The van der Waals surface area contributed by atoms with Crippen LogP contribution in [0.2, 0.25) is 0 Å². The van der Waals surface area contributed by atoms with Crippen LogP contribution in [-0.4, -0.2) is 65.7 Å². The Labute approximate surface area is 150 Å². The van der Waals surface area contributed by atoms with Crippen LogP contribution >= 0.6 is 0 Å². The van der Waals surface area contributed by atoms with Crippen LogP contribution in [0.4, 0.5) is 0 Å². The number of amides is 1. The average molecular weight is 346 g/mol. The molecule has 1 N–H and O–H groups in total. The van der Waals surface area contributed by atoms with Crippen LogP contribution in [0.5, 0.6) is 5.75 Å². The van der Waals surface area contributed by atoms with Gasteiger partial charge in [-0.05, 0) is 44.2 Å². The summed E-state index contributed by atoms with van der Waals surface area (Å²) in [6, 6.07) is 6.24. The first-order chi connectivity index (χ1) is 12.0. The van der Waals surface area contributed by atoms with Gasteiger partial charge in [0.25, 0.3) is 0 Å². The van der Waals surface area contributed by atoms with Gasteiger partial charge in [0.05, 0.1) is 6.10 Å². The van der Waals surface area contributed by atoms with Crippen LogP contribution < -0.4 is 4.74 Å². The molecule has 0 saturated carbocycles. The van der Waals surface area contributed by atoms with Gasteiger partial charge in [0.15, 0.2) is 0 Å². The topological polar surface area (TPSA) is 53.0 Å². The van der Waals surface area contributed by atoms with E-state index in [-0.39, 0.29) is 12.0 Å². The first-order valence-corrected chi connectivity index (χ1v) is 9.44. The van der Waals surface area contributed by atoms with Gasteiger partial charge < -0.3 is 19.6 Å². The van der Waals surface area contributed by atoms with Crippen LogP contribution in [0.15, 0.2) is 18.2 Å². The maximum absolute atomic E-state index is 11.7. The van der Waals surface area contributed by atoms with Crippen LogP contribution in [-0.2, 0) is 4.79 Å². The number of hydrogen-bond acceptors (Lipinski definition) is 4. The Hall–Kier alpha value is -1.59. The van der Waals surface area contributed by atoms with E-state index in [2.05, 4.69) is 36.9 Å². The third-order valence-electron chi connectivity index (χ3n) is 5.30. The van der Waals surface area contributed by atoms with Crippen LogP contribution in [0.25, 0.3) is 0 Å². The zero-order chi connectivity index (χ0) is 17.8. The van der Waals surface area contributed by atoms with Crippen molar-refractivity contribution >= 4 is 5.91 Å². The van der Waals surface area contributed by atoms with E-state index in [0.717, 1.165) is 44.6 Å². The van der Waals surface area contributed by atoms with E-state index in [1.54, 1.807) is 4.90 Å². The predicted molar refractivity (Wildman–Crippen MR) is 97.8 cm³/mol. The minimum atomic E-state index is -0.460. The Kier molecular flexibility index (Phi) is 5.97. The molecule has 2 aliphatic heterocycles. The van der Waals surface area contributed by atoms with Crippen molar-refractivity contribution in [3.8, 4) is 5.75 Å². The highest BCUT2D eigenvalue weighted by Gasteiger charge is 2.26. The summed E-state index contributed by atoms with van der Waals surface area (Å²) in [4.78, 5) is 15.7. The fourth-order valence-electron chi connectivity index (χ4n) is 3.87. The third kappa shape index (κ3) is 4.73. The van der Waals surface area contributed by atoms with Gasteiger partial charge in [0.2, 0.25) is 5.91 Å². The molecule has 1 aromatic carbocycles. The quantitative estimate of drug-likeness (QED) is 0.857. The lowest BCUT2D eigenvalue weighted by atomic mass is 10.1. The molecule has 25 heavy (non-hydrogen) atoms. The van der Waals surface area contributed by atoms with E-state index in [4.69, 9.17) is 4.74 Å². The van der Waals surface area contributed by atoms with Crippen molar-refractivity contribution in [3.05, 3.63) is 29.3 Å². The number of benzene rings is 1. The molecule has 0 aromatic heterocycles. The summed E-state index contributed by atoms with van der Waals surface area (Å²) in [6.45, 7) is 7.95. The second kappa shape index (κ2) is 8.19. The Balaban J connectivity index is 1.43. The number of carbonyl (C=O) groups excluding carboxylic acids is 1. The molecule has 3 rings (SSSR count). The summed E-state index contributed by atoms with van der Waals surface area (Å²) in [6.07, 6.45) is 3.29. The molecule has 2 heterocycles. The lowest BCUT2D eigenvalue weighted by molar-refractivity contribution is -0.129. The number of ether oxygens (including phenoxy) is 1. The molecule has 1 atom stereocenters. The van der Waals surface area contributed by atoms with E-state index in [1.165, 1.54) is 11.1 Å². The largest absolute Gasteiger partial charge is 0.490 e. The van der Waals surface area contributed by atoms with Gasteiger partial charge >= 0.3 is 0 Å². The highest BCUT2D eigenvalue weighted by molar-refractivity contribution is 5.78. The maximum atomic E-state index is 11.7. The predicted octanol–water partition coefficient (Wildman–Crippen LogP) is 2.13.